The minimum absolute atomic E-state index is 0.0456. The van der Waals surface area contributed by atoms with Crippen molar-refractivity contribution >= 4 is 29.1 Å². The number of nitro benzene ring substituents is 1. The second-order valence-corrected chi connectivity index (χ2v) is 4.40. The van der Waals surface area contributed by atoms with Gasteiger partial charge >= 0.3 is 0 Å². The summed E-state index contributed by atoms with van der Waals surface area (Å²) in [5.74, 6) is -0.297. The van der Waals surface area contributed by atoms with E-state index in [1.54, 1.807) is 42.5 Å². The summed E-state index contributed by atoms with van der Waals surface area (Å²) in [7, 11) is 0. The highest BCUT2D eigenvalue weighted by molar-refractivity contribution is 6.34. The Kier molecular flexibility index (Phi) is 4.27. The molecule has 0 N–H and O–H groups in total. The molecule has 0 fully saturated rings. The zero-order valence-corrected chi connectivity index (χ0v) is 11.1. The van der Waals surface area contributed by atoms with Crippen LogP contribution in [0.15, 0.2) is 54.6 Å². The molecule has 2 rings (SSSR count). The summed E-state index contributed by atoms with van der Waals surface area (Å²) in [4.78, 5) is 22.3. The minimum Gasteiger partial charge on any atom is -0.289 e. The molecular formula is C15H10ClNO3. The summed E-state index contributed by atoms with van der Waals surface area (Å²) in [5, 5.41) is 11.2. The minimum atomic E-state index is -0.486. The second-order valence-electron chi connectivity index (χ2n) is 3.99. The van der Waals surface area contributed by atoms with E-state index in [0.29, 0.717) is 16.1 Å². The number of allylic oxidation sites excluding steroid dienone is 1. The number of hydrogen-bond acceptors (Lipinski definition) is 3. The van der Waals surface area contributed by atoms with Crippen LogP contribution in [0.25, 0.3) is 6.08 Å². The third kappa shape index (κ3) is 3.10. The van der Waals surface area contributed by atoms with Gasteiger partial charge in [-0.05, 0) is 30.4 Å². The Bertz CT molecular complexity index is 695. The van der Waals surface area contributed by atoms with Crippen molar-refractivity contribution in [3.8, 4) is 0 Å². The molecule has 0 bridgehead atoms. The highest BCUT2D eigenvalue weighted by Gasteiger charge is 2.11. The molecule has 0 saturated heterocycles. The molecule has 0 radical (unpaired) electrons. The van der Waals surface area contributed by atoms with Crippen molar-refractivity contribution in [2.24, 2.45) is 0 Å². The summed E-state index contributed by atoms with van der Waals surface area (Å²) in [6.45, 7) is 0. The molecule has 0 amide bonds. The van der Waals surface area contributed by atoms with Crippen LogP contribution in [0.1, 0.15) is 15.9 Å². The lowest BCUT2D eigenvalue weighted by molar-refractivity contribution is -0.385. The Balaban J connectivity index is 2.29. The summed E-state index contributed by atoms with van der Waals surface area (Å²) in [6, 6.07) is 12.9. The Morgan fingerprint density at radius 2 is 1.75 bits per heavy atom. The molecule has 4 nitrogen and oxygen atoms in total. The molecule has 5 heteroatoms. The van der Waals surface area contributed by atoms with Gasteiger partial charge in [-0.2, -0.15) is 0 Å². The Morgan fingerprint density at radius 3 is 2.45 bits per heavy atom. The van der Waals surface area contributed by atoms with E-state index >= 15 is 0 Å². The van der Waals surface area contributed by atoms with Crippen molar-refractivity contribution in [3.63, 3.8) is 0 Å². The molecule has 0 aliphatic heterocycles. The fraction of sp³-hybridized carbons (Fsp3) is 0. The largest absolute Gasteiger partial charge is 0.289 e. The molecule has 0 heterocycles. The van der Waals surface area contributed by atoms with Crippen LogP contribution >= 0.6 is 11.6 Å². The van der Waals surface area contributed by atoms with E-state index in [1.807, 2.05) is 0 Å². The van der Waals surface area contributed by atoms with Gasteiger partial charge in [-0.3, -0.25) is 14.9 Å². The third-order valence-electron chi connectivity index (χ3n) is 2.69. The van der Waals surface area contributed by atoms with Crippen LogP contribution < -0.4 is 0 Å². The second kappa shape index (κ2) is 6.12. The van der Waals surface area contributed by atoms with Crippen LogP contribution in [0.5, 0.6) is 0 Å². The molecular weight excluding hydrogens is 278 g/mol. The Morgan fingerprint density at radius 1 is 1.10 bits per heavy atom. The molecule has 20 heavy (non-hydrogen) atoms. The average molecular weight is 288 g/mol. The van der Waals surface area contributed by atoms with E-state index in [4.69, 9.17) is 11.6 Å². The van der Waals surface area contributed by atoms with Gasteiger partial charge in [0.25, 0.3) is 5.69 Å². The van der Waals surface area contributed by atoms with Gasteiger partial charge in [-0.1, -0.05) is 35.9 Å². The van der Waals surface area contributed by atoms with Crippen LogP contribution in [0.2, 0.25) is 5.02 Å². The maximum atomic E-state index is 12.0. The number of hydrogen-bond donors (Lipinski definition) is 0. The molecule has 0 atom stereocenters. The number of nitrogens with zero attached hydrogens (tertiary/aromatic N) is 1. The van der Waals surface area contributed by atoms with Crippen LogP contribution in [0.3, 0.4) is 0 Å². The van der Waals surface area contributed by atoms with Crippen molar-refractivity contribution in [1.29, 1.82) is 0 Å². The Hall–Kier alpha value is -2.46. The van der Waals surface area contributed by atoms with Crippen molar-refractivity contribution in [1.82, 2.24) is 0 Å². The van der Waals surface area contributed by atoms with Crippen molar-refractivity contribution in [2.45, 2.75) is 0 Å². The number of carbonyl (C=O) groups is 1. The van der Waals surface area contributed by atoms with Crippen molar-refractivity contribution < 1.29 is 9.72 Å². The lowest BCUT2D eigenvalue weighted by Gasteiger charge is -1.99. The van der Waals surface area contributed by atoms with Gasteiger partial charge < -0.3 is 0 Å². The van der Waals surface area contributed by atoms with Gasteiger partial charge in [0.05, 0.1) is 15.5 Å². The first-order chi connectivity index (χ1) is 9.59. The molecule has 0 spiro atoms. The number of carbonyl (C=O) groups excluding carboxylic acids is 1. The summed E-state index contributed by atoms with van der Waals surface area (Å²) in [6.07, 6.45) is 2.70. The predicted octanol–water partition coefficient (Wildman–Crippen LogP) is 4.14. The van der Waals surface area contributed by atoms with E-state index in [9.17, 15) is 14.9 Å². The molecule has 2 aromatic carbocycles. The normalized spacial score (nSPS) is 10.7. The fourth-order valence-electron chi connectivity index (χ4n) is 1.71. The number of para-hydroxylation sites is 1. The maximum Gasteiger partial charge on any atom is 0.276 e. The van der Waals surface area contributed by atoms with Crippen LogP contribution in [0.4, 0.5) is 5.69 Å². The maximum absolute atomic E-state index is 12.0. The topological polar surface area (TPSA) is 60.2 Å². The Labute approximate surface area is 120 Å². The van der Waals surface area contributed by atoms with Gasteiger partial charge in [0.15, 0.2) is 5.78 Å². The van der Waals surface area contributed by atoms with Gasteiger partial charge in [-0.15, -0.1) is 0 Å². The zero-order valence-electron chi connectivity index (χ0n) is 10.3. The molecule has 100 valence electrons. The zero-order chi connectivity index (χ0) is 14.5. The van der Waals surface area contributed by atoms with Gasteiger partial charge in [-0.25, -0.2) is 0 Å². The monoisotopic (exact) mass is 287 g/mol. The van der Waals surface area contributed by atoms with E-state index in [-0.39, 0.29) is 11.5 Å². The number of ketones is 1. The van der Waals surface area contributed by atoms with E-state index in [2.05, 4.69) is 0 Å². The lowest BCUT2D eigenvalue weighted by atomic mass is 10.1. The predicted molar refractivity (Wildman–Crippen MR) is 77.9 cm³/mol. The first kappa shape index (κ1) is 14.0. The van der Waals surface area contributed by atoms with E-state index in [1.165, 1.54) is 18.2 Å². The number of nitro groups is 1. The van der Waals surface area contributed by atoms with Crippen molar-refractivity contribution in [2.75, 3.05) is 0 Å². The molecule has 0 aliphatic rings. The molecule has 2 aromatic rings. The fourth-order valence-corrected chi connectivity index (χ4v) is 1.94. The van der Waals surface area contributed by atoms with Crippen LogP contribution in [-0.4, -0.2) is 10.7 Å². The quantitative estimate of drug-likeness (QED) is 0.367. The SMILES string of the molecule is O=C(C=Cc1ccccc1[N+](=O)[O-])c1ccccc1Cl. The third-order valence-corrected chi connectivity index (χ3v) is 3.02. The first-order valence-corrected chi connectivity index (χ1v) is 6.18. The summed E-state index contributed by atoms with van der Waals surface area (Å²) >= 11 is 5.92. The standard InChI is InChI=1S/C15H10ClNO3/c16-13-7-3-2-6-12(13)15(18)10-9-11-5-1-4-8-14(11)17(19)20/h1-10H. The highest BCUT2D eigenvalue weighted by Crippen LogP contribution is 2.20. The molecule has 0 saturated carbocycles. The van der Waals surface area contributed by atoms with E-state index < -0.39 is 4.92 Å². The van der Waals surface area contributed by atoms with Crippen molar-refractivity contribution in [3.05, 3.63) is 80.9 Å². The van der Waals surface area contributed by atoms with Gasteiger partial charge in [0.2, 0.25) is 0 Å². The number of rotatable bonds is 4. The van der Waals surface area contributed by atoms with Crippen LogP contribution in [-0.2, 0) is 0 Å². The summed E-state index contributed by atoms with van der Waals surface area (Å²) in [5.41, 5.74) is 0.692. The summed E-state index contributed by atoms with van der Waals surface area (Å²) < 4.78 is 0. The highest BCUT2D eigenvalue weighted by atomic mass is 35.5. The van der Waals surface area contributed by atoms with E-state index in [0.717, 1.165) is 0 Å². The smallest absolute Gasteiger partial charge is 0.276 e. The molecule has 0 unspecified atom stereocenters. The average Bonchev–Trinajstić information content (AvgIpc) is 2.45. The van der Waals surface area contributed by atoms with Gasteiger partial charge in [0.1, 0.15) is 0 Å². The molecule has 0 aromatic heterocycles. The van der Waals surface area contributed by atoms with Gasteiger partial charge in [0, 0.05) is 11.6 Å². The lowest BCUT2D eigenvalue weighted by Crippen LogP contribution is -1.95. The first-order valence-electron chi connectivity index (χ1n) is 5.80. The molecule has 0 aliphatic carbocycles. The number of halogens is 1. The number of benzene rings is 2. The van der Waals surface area contributed by atoms with Crippen LogP contribution in [0, 0.1) is 10.1 Å².